The lowest BCUT2D eigenvalue weighted by Crippen LogP contribution is -2.53. The van der Waals surface area contributed by atoms with Gasteiger partial charge in [0.2, 0.25) is 11.8 Å². The molecular formula is C29H41N3O5. The molecule has 2 rings (SSSR count). The molecule has 3 amide bonds. The molecule has 0 fully saturated rings. The van der Waals surface area contributed by atoms with Crippen LogP contribution in [0.2, 0.25) is 0 Å². The Balaban J connectivity index is 2.43. The maximum atomic E-state index is 14.0. The highest BCUT2D eigenvalue weighted by Crippen LogP contribution is 2.30. The van der Waals surface area contributed by atoms with Gasteiger partial charge in [-0.05, 0) is 51.2 Å². The van der Waals surface area contributed by atoms with E-state index in [0.29, 0.717) is 18.4 Å². The van der Waals surface area contributed by atoms with Gasteiger partial charge >= 0.3 is 6.09 Å². The van der Waals surface area contributed by atoms with Crippen LogP contribution in [-0.2, 0) is 20.9 Å². The number of amides is 3. The molecule has 0 aliphatic carbocycles. The number of hydrogen-bond acceptors (Lipinski definition) is 5. The molecule has 0 aliphatic heterocycles. The Morgan fingerprint density at radius 1 is 1.00 bits per heavy atom. The standard InChI is InChI=1S/C29H41N3O5/c1-7-17-32(27(35)23(18-20(2)3)31-28(36)37-29(4,5)6)25(22-15-11-12-16-24(22)33)26(34)30-19-21-13-9-8-10-14-21/h8-16,20,23,25,33H,7,17-19H2,1-6H3,(H,30,34)(H,31,36). The van der Waals surface area contributed by atoms with Crippen LogP contribution >= 0.6 is 0 Å². The van der Waals surface area contributed by atoms with Gasteiger partial charge in [-0.15, -0.1) is 0 Å². The summed E-state index contributed by atoms with van der Waals surface area (Å²) >= 11 is 0. The Morgan fingerprint density at radius 3 is 2.19 bits per heavy atom. The van der Waals surface area contributed by atoms with Gasteiger partial charge in [-0.25, -0.2) is 4.79 Å². The van der Waals surface area contributed by atoms with Crippen LogP contribution < -0.4 is 10.6 Å². The topological polar surface area (TPSA) is 108 Å². The lowest BCUT2D eigenvalue weighted by Gasteiger charge is -2.35. The van der Waals surface area contributed by atoms with E-state index in [1.165, 1.54) is 11.0 Å². The predicted molar refractivity (Wildman–Crippen MR) is 144 cm³/mol. The molecule has 2 aromatic rings. The Morgan fingerprint density at radius 2 is 1.62 bits per heavy atom. The average molecular weight is 512 g/mol. The monoisotopic (exact) mass is 511 g/mol. The molecule has 0 radical (unpaired) electrons. The van der Waals surface area contributed by atoms with Crippen LogP contribution in [0.3, 0.4) is 0 Å². The molecule has 0 heterocycles. The molecule has 0 spiro atoms. The van der Waals surface area contributed by atoms with Crippen molar-refractivity contribution in [3.63, 3.8) is 0 Å². The van der Waals surface area contributed by atoms with Crippen LogP contribution in [0.1, 0.15) is 71.6 Å². The second-order valence-electron chi connectivity index (χ2n) is 10.5. The number of carbonyl (C=O) groups excluding carboxylic acids is 3. The quantitative estimate of drug-likeness (QED) is 0.397. The second kappa shape index (κ2) is 13.7. The first-order valence-corrected chi connectivity index (χ1v) is 12.8. The second-order valence-corrected chi connectivity index (χ2v) is 10.5. The van der Waals surface area contributed by atoms with Gasteiger partial charge in [-0.1, -0.05) is 69.3 Å². The number of phenolic OH excluding ortho intramolecular Hbond substituents is 1. The third kappa shape index (κ3) is 9.44. The minimum absolute atomic E-state index is 0.0860. The third-order valence-electron chi connectivity index (χ3n) is 5.54. The lowest BCUT2D eigenvalue weighted by molar-refractivity contribution is -0.143. The number of aromatic hydroxyl groups is 1. The number of nitrogens with zero attached hydrogens (tertiary/aromatic N) is 1. The molecule has 37 heavy (non-hydrogen) atoms. The molecule has 0 saturated carbocycles. The number of phenols is 1. The van der Waals surface area contributed by atoms with E-state index in [1.54, 1.807) is 39.0 Å². The van der Waals surface area contributed by atoms with Crippen LogP contribution in [0.5, 0.6) is 5.75 Å². The van der Waals surface area contributed by atoms with Gasteiger partial charge < -0.3 is 25.4 Å². The summed E-state index contributed by atoms with van der Waals surface area (Å²) in [5.41, 5.74) is 0.494. The van der Waals surface area contributed by atoms with E-state index in [9.17, 15) is 19.5 Å². The summed E-state index contributed by atoms with van der Waals surface area (Å²) in [5.74, 6) is -0.836. The molecule has 0 saturated heterocycles. The summed E-state index contributed by atoms with van der Waals surface area (Å²) in [6, 6.07) is 14.0. The molecule has 2 unspecified atom stereocenters. The number of para-hydroxylation sites is 1. The van der Waals surface area contributed by atoms with Gasteiger partial charge in [0.05, 0.1) is 0 Å². The predicted octanol–water partition coefficient (Wildman–Crippen LogP) is 4.93. The average Bonchev–Trinajstić information content (AvgIpc) is 2.82. The van der Waals surface area contributed by atoms with Crippen molar-refractivity contribution in [2.24, 2.45) is 5.92 Å². The summed E-state index contributed by atoms with van der Waals surface area (Å²) in [4.78, 5) is 41.6. The molecule has 8 heteroatoms. The maximum absolute atomic E-state index is 14.0. The van der Waals surface area contributed by atoms with Crippen molar-refractivity contribution >= 4 is 17.9 Å². The van der Waals surface area contributed by atoms with Crippen molar-refractivity contribution in [3.8, 4) is 5.75 Å². The third-order valence-corrected chi connectivity index (χ3v) is 5.54. The SMILES string of the molecule is CCCN(C(=O)C(CC(C)C)NC(=O)OC(C)(C)C)C(C(=O)NCc1ccccc1)c1ccccc1O. The highest BCUT2D eigenvalue weighted by atomic mass is 16.6. The van der Waals surface area contributed by atoms with Gasteiger partial charge in [-0.2, -0.15) is 0 Å². The zero-order valence-electron chi connectivity index (χ0n) is 22.8. The van der Waals surface area contributed by atoms with Gasteiger partial charge in [0.25, 0.3) is 0 Å². The van der Waals surface area contributed by atoms with Crippen molar-refractivity contribution in [2.45, 2.75) is 78.6 Å². The van der Waals surface area contributed by atoms with Gasteiger partial charge in [-0.3, -0.25) is 9.59 Å². The van der Waals surface area contributed by atoms with Crippen molar-refractivity contribution < 1.29 is 24.2 Å². The lowest BCUT2D eigenvalue weighted by atomic mass is 9.98. The number of ether oxygens (including phenoxy) is 1. The highest BCUT2D eigenvalue weighted by molar-refractivity contribution is 5.92. The normalized spacial score (nSPS) is 12.9. The van der Waals surface area contributed by atoms with Crippen LogP contribution in [0.4, 0.5) is 4.79 Å². The summed E-state index contributed by atoms with van der Waals surface area (Å²) in [6.07, 6.45) is 0.232. The molecule has 2 atom stereocenters. The summed E-state index contributed by atoms with van der Waals surface area (Å²) < 4.78 is 5.40. The fraction of sp³-hybridized carbons (Fsp3) is 0.483. The largest absolute Gasteiger partial charge is 0.508 e. The van der Waals surface area contributed by atoms with Crippen LogP contribution in [0.25, 0.3) is 0 Å². The zero-order chi connectivity index (χ0) is 27.6. The van der Waals surface area contributed by atoms with Crippen molar-refractivity contribution in [1.82, 2.24) is 15.5 Å². The first-order valence-electron chi connectivity index (χ1n) is 12.8. The van der Waals surface area contributed by atoms with E-state index in [0.717, 1.165) is 5.56 Å². The molecule has 3 N–H and O–H groups in total. The first kappa shape index (κ1) is 29.7. The highest BCUT2D eigenvalue weighted by Gasteiger charge is 2.37. The number of nitrogens with one attached hydrogen (secondary N) is 2. The van der Waals surface area contributed by atoms with Gasteiger partial charge in [0, 0.05) is 18.7 Å². The molecule has 0 aromatic heterocycles. The Hall–Kier alpha value is -3.55. The minimum atomic E-state index is -1.09. The molecule has 0 bridgehead atoms. The fourth-order valence-corrected chi connectivity index (χ4v) is 4.00. The minimum Gasteiger partial charge on any atom is -0.508 e. The molecule has 8 nitrogen and oxygen atoms in total. The Bertz CT molecular complexity index is 1030. The molecule has 2 aromatic carbocycles. The van der Waals surface area contributed by atoms with E-state index < -0.39 is 35.6 Å². The Kier molecular flexibility index (Phi) is 11.0. The molecular weight excluding hydrogens is 470 g/mol. The van der Waals surface area contributed by atoms with Gasteiger partial charge in [0.1, 0.15) is 23.4 Å². The van der Waals surface area contributed by atoms with Crippen molar-refractivity contribution in [1.29, 1.82) is 0 Å². The van der Waals surface area contributed by atoms with E-state index in [4.69, 9.17) is 4.74 Å². The first-order chi connectivity index (χ1) is 17.4. The van der Waals surface area contributed by atoms with Crippen molar-refractivity contribution in [3.05, 3.63) is 65.7 Å². The maximum Gasteiger partial charge on any atom is 0.408 e. The van der Waals surface area contributed by atoms with E-state index >= 15 is 0 Å². The number of benzene rings is 2. The summed E-state index contributed by atoms with van der Waals surface area (Å²) in [5, 5.41) is 16.3. The van der Waals surface area contributed by atoms with E-state index in [-0.39, 0.29) is 24.8 Å². The Labute approximate surface area is 220 Å². The number of rotatable bonds is 11. The van der Waals surface area contributed by atoms with Crippen LogP contribution in [-0.4, -0.2) is 46.1 Å². The molecule has 202 valence electrons. The zero-order valence-corrected chi connectivity index (χ0v) is 22.8. The smallest absolute Gasteiger partial charge is 0.408 e. The number of alkyl carbamates (subject to hydrolysis) is 1. The molecule has 0 aliphatic rings. The number of carbonyl (C=O) groups is 3. The summed E-state index contributed by atoms with van der Waals surface area (Å²) in [7, 11) is 0. The van der Waals surface area contributed by atoms with Crippen LogP contribution in [0.15, 0.2) is 54.6 Å². The summed E-state index contributed by atoms with van der Waals surface area (Å²) in [6.45, 7) is 11.6. The van der Waals surface area contributed by atoms with Crippen molar-refractivity contribution in [2.75, 3.05) is 6.54 Å². The number of hydrogen-bond donors (Lipinski definition) is 3. The van der Waals surface area contributed by atoms with Gasteiger partial charge in [0.15, 0.2) is 0 Å². The van der Waals surface area contributed by atoms with E-state index in [1.807, 2.05) is 51.1 Å². The van der Waals surface area contributed by atoms with Crippen LogP contribution in [0, 0.1) is 5.92 Å². The van der Waals surface area contributed by atoms with E-state index in [2.05, 4.69) is 10.6 Å². The fourth-order valence-electron chi connectivity index (χ4n) is 4.00.